The van der Waals surface area contributed by atoms with Crippen molar-refractivity contribution < 1.29 is 13.2 Å². The van der Waals surface area contributed by atoms with E-state index in [0.29, 0.717) is 18.5 Å². The molecule has 112 valence electrons. The lowest BCUT2D eigenvalue weighted by Gasteiger charge is -2.21. The summed E-state index contributed by atoms with van der Waals surface area (Å²) in [4.78, 5) is 1.85. The summed E-state index contributed by atoms with van der Waals surface area (Å²) in [6, 6.07) is 9.01. The Hall–Kier alpha value is -2.01. The second-order valence-corrected chi connectivity index (χ2v) is 5.00. The molecule has 0 aliphatic rings. The molecule has 0 heterocycles. The Morgan fingerprint density at radius 1 is 1.00 bits per heavy atom. The van der Waals surface area contributed by atoms with Gasteiger partial charge in [0, 0.05) is 31.4 Å². The number of halogens is 3. The topological polar surface area (TPSA) is 29.3 Å². The number of benzene rings is 2. The first kappa shape index (κ1) is 15.4. The zero-order valence-electron chi connectivity index (χ0n) is 11.7. The zero-order valence-corrected chi connectivity index (χ0v) is 11.7. The van der Waals surface area contributed by atoms with E-state index in [1.807, 2.05) is 11.9 Å². The number of hydrogen-bond acceptors (Lipinski definition) is 2. The van der Waals surface area contributed by atoms with Gasteiger partial charge in [-0.05, 0) is 42.3 Å². The first-order chi connectivity index (χ1) is 9.95. The highest BCUT2D eigenvalue weighted by Gasteiger charge is 2.11. The Morgan fingerprint density at radius 3 is 2.29 bits per heavy atom. The van der Waals surface area contributed by atoms with Gasteiger partial charge < -0.3 is 10.6 Å². The molecule has 0 aliphatic heterocycles. The fourth-order valence-electron chi connectivity index (χ4n) is 2.13. The average molecular weight is 294 g/mol. The highest BCUT2D eigenvalue weighted by molar-refractivity contribution is 5.45. The molecule has 0 aromatic heterocycles. The Labute approximate surface area is 122 Å². The molecule has 1 atom stereocenters. The van der Waals surface area contributed by atoms with Gasteiger partial charge in [-0.15, -0.1) is 0 Å². The summed E-state index contributed by atoms with van der Waals surface area (Å²) < 4.78 is 39.4. The van der Waals surface area contributed by atoms with Crippen molar-refractivity contribution in [2.45, 2.75) is 12.5 Å². The van der Waals surface area contributed by atoms with E-state index >= 15 is 0 Å². The molecule has 2 aromatic carbocycles. The number of nitrogens with zero attached hydrogens (tertiary/aromatic N) is 1. The molecule has 1 unspecified atom stereocenters. The van der Waals surface area contributed by atoms with Gasteiger partial charge in [0.05, 0.1) is 0 Å². The molecule has 0 spiro atoms. The highest BCUT2D eigenvalue weighted by atomic mass is 19.1. The minimum atomic E-state index is -0.640. The first-order valence-electron chi connectivity index (χ1n) is 6.64. The number of anilines is 1. The van der Waals surface area contributed by atoms with E-state index in [-0.39, 0.29) is 5.82 Å². The smallest absolute Gasteiger partial charge is 0.126 e. The predicted octanol–water partition coefficient (Wildman–Crippen LogP) is 3.63. The monoisotopic (exact) mass is 294 g/mol. The summed E-state index contributed by atoms with van der Waals surface area (Å²) in [7, 11) is 1.81. The Balaban J connectivity index is 1.98. The van der Waals surface area contributed by atoms with Crippen LogP contribution < -0.4 is 10.6 Å². The molecule has 0 bridgehead atoms. The van der Waals surface area contributed by atoms with E-state index in [2.05, 4.69) is 0 Å². The van der Waals surface area contributed by atoms with Crippen molar-refractivity contribution in [1.29, 1.82) is 0 Å². The van der Waals surface area contributed by atoms with Crippen molar-refractivity contribution in [2.75, 3.05) is 18.5 Å². The summed E-state index contributed by atoms with van der Waals surface area (Å²) in [6.07, 6.45) is 0.496. The van der Waals surface area contributed by atoms with Gasteiger partial charge in [-0.3, -0.25) is 0 Å². The maximum atomic E-state index is 13.1. The van der Waals surface area contributed by atoms with Gasteiger partial charge in [0.2, 0.25) is 0 Å². The maximum absolute atomic E-state index is 13.1. The van der Waals surface area contributed by atoms with Crippen molar-refractivity contribution in [3.63, 3.8) is 0 Å². The van der Waals surface area contributed by atoms with Crippen molar-refractivity contribution in [1.82, 2.24) is 0 Å². The van der Waals surface area contributed by atoms with Crippen LogP contribution in [0.5, 0.6) is 0 Å². The molecular formula is C16H17F3N2. The second-order valence-electron chi connectivity index (χ2n) is 5.00. The third-order valence-electron chi connectivity index (χ3n) is 3.34. The summed E-state index contributed by atoms with van der Waals surface area (Å²) in [5.74, 6) is -1.59. The number of rotatable bonds is 5. The van der Waals surface area contributed by atoms with Gasteiger partial charge in [-0.2, -0.15) is 0 Å². The van der Waals surface area contributed by atoms with Gasteiger partial charge in [0.25, 0.3) is 0 Å². The lowest BCUT2D eigenvalue weighted by molar-refractivity contribution is 0.567. The fraction of sp³-hybridized carbons (Fsp3) is 0.250. The van der Waals surface area contributed by atoms with E-state index < -0.39 is 17.7 Å². The minimum absolute atomic E-state index is 0.309. The van der Waals surface area contributed by atoms with Crippen LogP contribution in [0.15, 0.2) is 42.5 Å². The lowest BCUT2D eigenvalue weighted by atomic mass is 10.0. The Bertz CT molecular complexity index is 596. The standard InChI is InChI=1S/C16H17F3N2/c1-21(15-4-2-3-12(17)10-15)6-5-16(20)11-7-13(18)9-14(19)8-11/h2-4,7-10,16H,5-6,20H2,1H3. The SMILES string of the molecule is CN(CCC(N)c1cc(F)cc(F)c1)c1cccc(F)c1. The van der Waals surface area contributed by atoms with Gasteiger partial charge in [0.15, 0.2) is 0 Å². The third kappa shape index (κ3) is 4.23. The third-order valence-corrected chi connectivity index (χ3v) is 3.34. The molecule has 2 N–H and O–H groups in total. The molecule has 0 saturated heterocycles. The quantitative estimate of drug-likeness (QED) is 0.912. The molecule has 0 amide bonds. The van der Waals surface area contributed by atoms with E-state index in [1.54, 1.807) is 12.1 Å². The first-order valence-corrected chi connectivity index (χ1v) is 6.64. The second kappa shape index (κ2) is 6.63. The van der Waals surface area contributed by atoms with Crippen LogP contribution in [0.4, 0.5) is 18.9 Å². The average Bonchev–Trinajstić information content (AvgIpc) is 2.43. The minimum Gasteiger partial charge on any atom is -0.374 e. The Morgan fingerprint density at radius 2 is 1.67 bits per heavy atom. The van der Waals surface area contributed by atoms with Crippen molar-refractivity contribution in [3.05, 3.63) is 65.5 Å². The lowest BCUT2D eigenvalue weighted by Crippen LogP contribution is -2.23. The maximum Gasteiger partial charge on any atom is 0.126 e. The van der Waals surface area contributed by atoms with Crippen LogP contribution in [0.1, 0.15) is 18.0 Å². The van der Waals surface area contributed by atoms with Crippen LogP contribution in [0.25, 0.3) is 0 Å². The van der Waals surface area contributed by atoms with Crippen molar-refractivity contribution in [2.24, 2.45) is 5.73 Å². The van der Waals surface area contributed by atoms with Crippen LogP contribution in [0, 0.1) is 17.5 Å². The molecule has 21 heavy (non-hydrogen) atoms. The van der Waals surface area contributed by atoms with Crippen LogP contribution in [0.2, 0.25) is 0 Å². The molecule has 0 fully saturated rings. The Kier molecular flexibility index (Phi) is 4.85. The van der Waals surface area contributed by atoms with E-state index in [1.165, 1.54) is 24.3 Å². The van der Waals surface area contributed by atoms with Gasteiger partial charge >= 0.3 is 0 Å². The molecular weight excluding hydrogens is 277 g/mol. The molecule has 0 saturated carbocycles. The molecule has 5 heteroatoms. The molecule has 0 radical (unpaired) electrons. The molecule has 2 aromatic rings. The van der Waals surface area contributed by atoms with Crippen LogP contribution in [-0.4, -0.2) is 13.6 Å². The highest BCUT2D eigenvalue weighted by Crippen LogP contribution is 2.19. The van der Waals surface area contributed by atoms with Gasteiger partial charge in [-0.25, -0.2) is 13.2 Å². The predicted molar refractivity (Wildman–Crippen MR) is 77.6 cm³/mol. The van der Waals surface area contributed by atoms with E-state index in [0.717, 1.165) is 11.8 Å². The molecule has 2 nitrogen and oxygen atoms in total. The van der Waals surface area contributed by atoms with E-state index in [4.69, 9.17) is 5.73 Å². The van der Waals surface area contributed by atoms with Gasteiger partial charge in [0.1, 0.15) is 17.5 Å². The van der Waals surface area contributed by atoms with Crippen LogP contribution >= 0.6 is 0 Å². The summed E-state index contributed by atoms with van der Waals surface area (Å²) in [5.41, 5.74) is 7.10. The number of hydrogen-bond donors (Lipinski definition) is 1. The van der Waals surface area contributed by atoms with Crippen molar-refractivity contribution in [3.8, 4) is 0 Å². The summed E-state index contributed by atoms with van der Waals surface area (Å²) in [6.45, 7) is 0.544. The molecule has 2 rings (SSSR count). The normalized spacial score (nSPS) is 12.2. The van der Waals surface area contributed by atoms with Crippen LogP contribution in [0.3, 0.4) is 0 Å². The summed E-state index contributed by atoms with van der Waals surface area (Å²) >= 11 is 0. The van der Waals surface area contributed by atoms with Crippen molar-refractivity contribution >= 4 is 5.69 Å². The molecule has 0 aliphatic carbocycles. The largest absolute Gasteiger partial charge is 0.374 e. The summed E-state index contributed by atoms with van der Waals surface area (Å²) in [5, 5.41) is 0. The zero-order chi connectivity index (χ0) is 15.4. The van der Waals surface area contributed by atoms with Gasteiger partial charge in [-0.1, -0.05) is 6.07 Å². The van der Waals surface area contributed by atoms with Crippen LogP contribution in [-0.2, 0) is 0 Å². The number of nitrogens with two attached hydrogens (primary N) is 1. The fourth-order valence-corrected chi connectivity index (χ4v) is 2.13. The van der Waals surface area contributed by atoms with E-state index in [9.17, 15) is 13.2 Å².